The minimum absolute atomic E-state index is 0. The van der Waals surface area contributed by atoms with Gasteiger partial charge in [-0.3, -0.25) is 4.79 Å². The molecular formula is C18H25F3N4O3. The molecule has 2 heterocycles. The third-order valence-corrected chi connectivity index (χ3v) is 3.35. The van der Waals surface area contributed by atoms with Crippen LogP contribution < -0.4 is 15.4 Å². The fourth-order valence-electron chi connectivity index (χ4n) is 2.06. The normalized spacial score (nSPS) is 11.1. The maximum Gasteiger partial charge on any atom is 0.422 e. The molecule has 156 valence electrons. The van der Waals surface area contributed by atoms with Crippen LogP contribution in [-0.4, -0.2) is 42.0 Å². The van der Waals surface area contributed by atoms with Gasteiger partial charge in [0.05, 0.1) is 6.20 Å². The van der Waals surface area contributed by atoms with Gasteiger partial charge in [0.1, 0.15) is 24.0 Å². The number of alkyl halides is 3. The first-order valence-corrected chi connectivity index (χ1v) is 8.57. The number of amides is 1. The van der Waals surface area contributed by atoms with Gasteiger partial charge in [-0.25, -0.2) is 9.97 Å². The van der Waals surface area contributed by atoms with Crippen molar-refractivity contribution in [3.63, 3.8) is 0 Å². The van der Waals surface area contributed by atoms with Crippen molar-refractivity contribution in [3.8, 4) is 5.75 Å². The first-order chi connectivity index (χ1) is 13.4. The SMILES string of the molecule is CCCOCNc1cc(CNC(=O)c2ccc(OCC(F)(F)F)cn2)ccn1.[HH].[HH]. The quantitative estimate of drug-likeness (QED) is 0.466. The van der Waals surface area contributed by atoms with Crippen LogP contribution in [0.5, 0.6) is 5.75 Å². The highest BCUT2D eigenvalue weighted by Crippen LogP contribution is 2.17. The van der Waals surface area contributed by atoms with Crippen LogP contribution in [-0.2, 0) is 11.3 Å². The molecule has 0 aromatic carbocycles. The lowest BCUT2D eigenvalue weighted by Gasteiger charge is -2.10. The van der Waals surface area contributed by atoms with E-state index >= 15 is 0 Å². The molecule has 0 saturated heterocycles. The van der Waals surface area contributed by atoms with Crippen LogP contribution in [0, 0.1) is 0 Å². The van der Waals surface area contributed by atoms with E-state index in [-0.39, 0.29) is 20.8 Å². The van der Waals surface area contributed by atoms with Crippen molar-refractivity contribution in [2.75, 3.05) is 25.3 Å². The van der Waals surface area contributed by atoms with Gasteiger partial charge >= 0.3 is 6.18 Å². The largest absolute Gasteiger partial charge is 0.483 e. The molecule has 0 aliphatic rings. The van der Waals surface area contributed by atoms with Crippen molar-refractivity contribution in [3.05, 3.63) is 47.9 Å². The van der Waals surface area contributed by atoms with E-state index in [1.54, 1.807) is 18.3 Å². The van der Waals surface area contributed by atoms with Gasteiger partial charge in [-0.2, -0.15) is 13.2 Å². The number of ether oxygens (including phenoxy) is 2. The molecule has 7 nitrogen and oxygen atoms in total. The molecule has 2 rings (SSSR count). The summed E-state index contributed by atoms with van der Waals surface area (Å²) >= 11 is 0. The van der Waals surface area contributed by atoms with Crippen LogP contribution >= 0.6 is 0 Å². The topological polar surface area (TPSA) is 85.4 Å². The average molecular weight is 402 g/mol. The molecule has 0 atom stereocenters. The molecule has 2 aromatic heterocycles. The molecule has 0 aliphatic heterocycles. The number of nitrogens with zero attached hydrogens (tertiary/aromatic N) is 2. The molecule has 0 saturated carbocycles. The lowest BCUT2D eigenvalue weighted by molar-refractivity contribution is -0.153. The van der Waals surface area contributed by atoms with Gasteiger partial charge in [-0.15, -0.1) is 0 Å². The minimum atomic E-state index is -4.43. The van der Waals surface area contributed by atoms with E-state index in [1.807, 2.05) is 6.92 Å². The summed E-state index contributed by atoms with van der Waals surface area (Å²) in [7, 11) is 0. The lowest BCUT2D eigenvalue weighted by Crippen LogP contribution is -2.24. The summed E-state index contributed by atoms with van der Waals surface area (Å²) < 4.78 is 46.2. The smallest absolute Gasteiger partial charge is 0.422 e. The summed E-state index contributed by atoms with van der Waals surface area (Å²) in [6, 6.07) is 6.08. The van der Waals surface area contributed by atoms with Crippen LogP contribution in [0.3, 0.4) is 0 Å². The molecule has 2 N–H and O–H groups in total. The van der Waals surface area contributed by atoms with E-state index in [0.717, 1.165) is 18.2 Å². The second kappa shape index (κ2) is 10.5. The van der Waals surface area contributed by atoms with Crippen molar-refractivity contribution >= 4 is 11.7 Å². The molecule has 0 bridgehead atoms. The van der Waals surface area contributed by atoms with Crippen molar-refractivity contribution in [1.29, 1.82) is 0 Å². The molecule has 0 radical (unpaired) electrons. The third-order valence-electron chi connectivity index (χ3n) is 3.35. The molecule has 0 spiro atoms. The standard InChI is InChI=1S/C18H21F3N4O3.2H2/c1-2-7-27-12-25-16-8-13(5-6-22-16)9-24-17(26)15-4-3-14(10-23-15)28-11-18(19,20)21;;/h3-6,8,10H,2,7,9,11-12H2,1H3,(H,22,25)(H,24,26);2*1H. The molecule has 2 aromatic rings. The van der Waals surface area contributed by atoms with E-state index in [2.05, 4.69) is 25.3 Å². The number of anilines is 1. The number of halogens is 3. The van der Waals surface area contributed by atoms with Crippen LogP contribution in [0.4, 0.5) is 19.0 Å². The molecule has 1 amide bonds. The fourth-order valence-corrected chi connectivity index (χ4v) is 2.06. The van der Waals surface area contributed by atoms with Gasteiger partial charge < -0.3 is 20.1 Å². The van der Waals surface area contributed by atoms with Crippen LogP contribution in [0.15, 0.2) is 36.7 Å². The minimum Gasteiger partial charge on any atom is -0.483 e. The Morgan fingerprint density at radius 2 is 2.07 bits per heavy atom. The summed E-state index contributed by atoms with van der Waals surface area (Å²) in [5.74, 6) is 0.0936. The van der Waals surface area contributed by atoms with Crippen LogP contribution in [0.1, 0.15) is 32.2 Å². The second-order valence-corrected chi connectivity index (χ2v) is 5.74. The maximum absolute atomic E-state index is 12.1. The summed E-state index contributed by atoms with van der Waals surface area (Å²) in [4.78, 5) is 20.1. The summed E-state index contributed by atoms with van der Waals surface area (Å²) in [5, 5.41) is 5.70. The predicted octanol–water partition coefficient (Wildman–Crippen LogP) is 3.64. The van der Waals surface area contributed by atoms with Gasteiger partial charge in [0, 0.05) is 22.2 Å². The highest BCUT2D eigenvalue weighted by atomic mass is 19.4. The monoisotopic (exact) mass is 402 g/mol. The first kappa shape index (κ1) is 21.4. The van der Waals surface area contributed by atoms with Crippen molar-refractivity contribution in [2.45, 2.75) is 26.1 Å². The molecule has 28 heavy (non-hydrogen) atoms. The Balaban J connectivity index is 0.00000420. The molecule has 10 heteroatoms. The maximum atomic E-state index is 12.1. The summed E-state index contributed by atoms with van der Waals surface area (Å²) in [6.45, 7) is 1.82. The zero-order chi connectivity index (χ0) is 20.4. The first-order valence-electron chi connectivity index (χ1n) is 8.57. The summed E-state index contributed by atoms with van der Waals surface area (Å²) in [6.07, 6.45) is -0.832. The Hall–Kier alpha value is -2.88. The van der Waals surface area contributed by atoms with Crippen molar-refractivity contribution in [2.24, 2.45) is 0 Å². The van der Waals surface area contributed by atoms with Crippen LogP contribution in [0.2, 0.25) is 0 Å². The number of rotatable bonds is 10. The molecular weight excluding hydrogens is 377 g/mol. The predicted molar refractivity (Wildman–Crippen MR) is 100 cm³/mol. The van der Waals surface area contributed by atoms with Gasteiger partial charge in [-0.05, 0) is 36.2 Å². The van der Waals surface area contributed by atoms with E-state index < -0.39 is 18.7 Å². The van der Waals surface area contributed by atoms with Gasteiger partial charge in [0.2, 0.25) is 0 Å². The van der Waals surface area contributed by atoms with Gasteiger partial charge in [-0.1, -0.05) is 6.92 Å². The zero-order valence-electron chi connectivity index (χ0n) is 15.3. The van der Waals surface area contributed by atoms with E-state index in [1.165, 1.54) is 12.1 Å². The average Bonchev–Trinajstić information content (AvgIpc) is 2.68. The molecule has 0 fully saturated rings. The lowest BCUT2D eigenvalue weighted by atomic mass is 10.2. The second-order valence-electron chi connectivity index (χ2n) is 5.74. The number of carbonyl (C=O) groups excluding carboxylic acids is 1. The Labute approximate surface area is 163 Å². The summed E-state index contributed by atoms with van der Waals surface area (Å²) in [5.41, 5.74) is 0.881. The zero-order valence-corrected chi connectivity index (χ0v) is 15.3. The molecule has 0 aliphatic carbocycles. The van der Waals surface area contributed by atoms with E-state index in [9.17, 15) is 18.0 Å². The van der Waals surface area contributed by atoms with Gasteiger partial charge in [0.25, 0.3) is 5.91 Å². The Bertz CT molecular complexity index is 765. The number of carbonyl (C=O) groups is 1. The van der Waals surface area contributed by atoms with Gasteiger partial charge in [0.15, 0.2) is 6.61 Å². The Kier molecular flexibility index (Phi) is 8.00. The fraction of sp³-hybridized carbons (Fsp3) is 0.389. The Morgan fingerprint density at radius 1 is 1.25 bits per heavy atom. The van der Waals surface area contributed by atoms with E-state index in [0.29, 0.717) is 19.2 Å². The Morgan fingerprint density at radius 3 is 2.75 bits per heavy atom. The number of hydrogen-bond acceptors (Lipinski definition) is 6. The highest BCUT2D eigenvalue weighted by molar-refractivity contribution is 5.92. The number of nitrogens with one attached hydrogen (secondary N) is 2. The highest BCUT2D eigenvalue weighted by Gasteiger charge is 2.28. The van der Waals surface area contributed by atoms with Crippen molar-refractivity contribution < 1.29 is 30.3 Å². The molecule has 0 unspecified atom stereocenters. The number of hydrogen-bond donors (Lipinski definition) is 2. The number of aromatic nitrogens is 2. The number of pyridine rings is 2. The van der Waals surface area contributed by atoms with Crippen molar-refractivity contribution in [1.82, 2.24) is 15.3 Å². The van der Waals surface area contributed by atoms with Crippen LogP contribution in [0.25, 0.3) is 0 Å². The van der Waals surface area contributed by atoms with E-state index in [4.69, 9.17) is 4.74 Å². The third kappa shape index (κ3) is 7.78.